The van der Waals surface area contributed by atoms with Crippen molar-refractivity contribution in [2.24, 2.45) is 0 Å². The van der Waals surface area contributed by atoms with Crippen molar-refractivity contribution in [1.82, 2.24) is 20.2 Å². The first-order valence-electron chi connectivity index (χ1n) is 7.39. The molecule has 0 atom stereocenters. The Morgan fingerprint density at radius 1 is 1.08 bits per heavy atom. The second-order valence-corrected chi connectivity index (χ2v) is 6.06. The van der Waals surface area contributed by atoms with E-state index in [-0.39, 0.29) is 12.3 Å². The number of carbonyl (C=O) groups is 1. The molecule has 7 nitrogen and oxygen atoms in total. The van der Waals surface area contributed by atoms with Gasteiger partial charge >= 0.3 is 0 Å². The Morgan fingerprint density at radius 3 is 2.48 bits per heavy atom. The number of hydrogen-bond donors (Lipinski definition) is 0. The number of halogens is 1. The predicted octanol–water partition coefficient (Wildman–Crippen LogP) is 3.00. The van der Waals surface area contributed by atoms with Crippen molar-refractivity contribution in [1.29, 1.82) is 0 Å². The fraction of sp³-hybridized carbons (Fsp3) is 0.176. The number of aromatic nitrogens is 4. The summed E-state index contributed by atoms with van der Waals surface area (Å²) in [5.74, 6) is 1.37. The van der Waals surface area contributed by atoms with Gasteiger partial charge in [-0.15, -0.1) is 10.2 Å². The second kappa shape index (κ2) is 7.43. The van der Waals surface area contributed by atoms with E-state index in [1.807, 2.05) is 24.3 Å². The van der Waals surface area contributed by atoms with Crippen LogP contribution in [0.15, 0.2) is 46.9 Å². The summed E-state index contributed by atoms with van der Waals surface area (Å²) in [6.07, 6.45) is 0. The van der Waals surface area contributed by atoms with Crippen LogP contribution >= 0.6 is 15.9 Å². The van der Waals surface area contributed by atoms with Gasteiger partial charge in [-0.1, -0.05) is 15.9 Å². The minimum Gasteiger partial charge on any atom is -0.493 e. The van der Waals surface area contributed by atoms with Gasteiger partial charge in [0.05, 0.1) is 14.2 Å². The number of nitrogens with zero attached hydrogens (tertiary/aromatic N) is 4. The standard InChI is InChI=1S/C17H15BrN4O3/c1-24-15-8-5-12(9-16(15)25-2)14(23)10-22-20-17(19-21-22)11-3-6-13(18)7-4-11/h3-9H,10H2,1-2H3. The Labute approximate surface area is 152 Å². The van der Waals surface area contributed by atoms with Crippen LogP contribution in [0.2, 0.25) is 0 Å². The SMILES string of the molecule is COc1ccc(C(=O)Cn2nnc(-c3ccc(Br)cc3)n2)cc1OC. The van der Waals surface area contributed by atoms with Gasteiger partial charge < -0.3 is 9.47 Å². The Bertz CT molecular complexity index is 893. The van der Waals surface area contributed by atoms with E-state index in [4.69, 9.17) is 9.47 Å². The van der Waals surface area contributed by atoms with Crippen molar-refractivity contribution < 1.29 is 14.3 Å². The molecule has 0 saturated carbocycles. The first-order chi connectivity index (χ1) is 12.1. The monoisotopic (exact) mass is 402 g/mol. The van der Waals surface area contributed by atoms with E-state index in [1.54, 1.807) is 25.3 Å². The Morgan fingerprint density at radius 2 is 1.80 bits per heavy atom. The molecular weight excluding hydrogens is 388 g/mol. The summed E-state index contributed by atoms with van der Waals surface area (Å²) in [7, 11) is 3.07. The van der Waals surface area contributed by atoms with E-state index in [2.05, 4.69) is 31.3 Å². The molecule has 0 saturated heterocycles. The molecule has 1 heterocycles. The van der Waals surface area contributed by atoms with Crippen molar-refractivity contribution in [2.45, 2.75) is 6.54 Å². The predicted molar refractivity (Wildman–Crippen MR) is 94.8 cm³/mol. The number of tetrazole rings is 1. The molecule has 0 aliphatic heterocycles. The van der Waals surface area contributed by atoms with Crippen LogP contribution in [-0.4, -0.2) is 40.2 Å². The highest BCUT2D eigenvalue weighted by atomic mass is 79.9. The number of hydrogen-bond acceptors (Lipinski definition) is 6. The molecule has 0 aliphatic carbocycles. The third-order valence-electron chi connectivity index (χ3n) is 3.55. The third kappa shape index (κ3) is 3.85. The van der Waals surface area contributed by atoms with Gasteiger partial charge in [-0.05, 0) is 47.7 Å². The number of Topliss-reactive ketones (excluding diaryl/α,β-unsaturated/α-hetero) is 1. The van der Waals surface area contributed by atoms with Crippen LogP contribution in [0.1, 0.15) is 10.4 Å². The maximum atomic E-state index is 12.4. The van der Waals surface area contributed by atoms with Crippen LogP contribution < -0.4 is 9.47 Å². The smallest absolute Gasteiger partial charge is 0.204 e. The quantitative estimate of drug-likeness (QED) is 0.589. The topological polar surface area (TPSA) is 79.1 Å². The average Bonchev–Trinajstić information content (AvgIpc) is 3.10. The summed E-state index contributed by atoms with van der Waals surface area (Å²) in [4.78, 5) is 13.7. The van der Waals surface area contributed by atoms with E-state index in [9.17, 15) is 4.79 Å². The van der Waals surface area contributed by atoms with Crippen LogP contribution in [0.5, 0.6) is 11.5 Å². The van der Waals surface area contributed by atoms with Gasteiger partial charge in [-0.25, -0.2) is 0 Å². The van der Waals surface area contributed by atoms with Crippen LogP contribution in [-0.2, 0) is 6.54 Å². The van der Waals surface area contributed by atoms with Crippen LogP contribution in [0.3, 0.4) is 0 Å². The zero-order chi connectivity index (χ0) is 17.8. The summed E-state index contributed by atoms with van der Waals surface area (Å²) < 4.78 is 11.4. The molecule has 0 fully saturated rings. The summed E-state index contributed by atoms with van der Waals surface area (Å²) in [6.45, 7) is -0.0149. The van der Waals surface area contributed by atoms with Gasteiger partial charge in [0.2, 0.25) is 5.82 Å². The molecule has 0 radical (unpaired) electrons. The lowest BCUT2D eigenvalue weighted by Gasteiger charge is -2.08. The summed E-state index contributed by atoms with van der Waals surface area (Å²) >= 11 is 3.38. The van der Waals surface area contributed by atoms with Crippen molar-refractivity contribution in [3.8, 4) is 22.9 Å². The molecule has 0 bridgehead atoms. The van der Waals surface area contributed by atoms with Gasteiger partial charge in [0, 0.05) is 15.6 Å². The zero-order valence-corrected chi connectivity index (χ0v) is 15.2. The van der Waals surface area contributed by atoms with Gasteiger partial charge in [-0.3, -0.25) is 4.79 Å². The molecule has 8 heteroatoms. The van der Waals surface area contributed by atoms with Crippen molar-refractivity contribution in [3.05, 3.63) is 52.5 Å². The fourth-order valence-corrected chi connectivity index (χ4v) is 2.52. The molecule has 0 unspecified atom stereocenters. The molecule has 3 rings (SSSR count). The summed E-state index contributed by atoms with van der Waals surface area (Å²) in [5, 5.41) is 12.2. The zero-order valence-electron chi connectivity index (χ0n) is 13.6. The number of ether oxygens (including phenoxy) is 2. The molecule has 25 heavy (non-hydrogen) atoms. The first-order valence-corrected chi connectivity index (χ1v) is 8.19. The summed E-state index contributed by atoms with van der Waals surface area (Å²) in [5.41, 5.74) is 1.31. The molecule has 2 aromatic carbocycles. The van der Waals surface area contributed by atoms with Crippen molar-refractivity contribution in [2.75, 3.05) is 14.2 Å². The van der Waals surface area contributed by atoms with Crippen molar-refractivity contribution >= 4 is 21.7 Å². The summed E-state index contributed by atoms with van der Waals surface area (Å²) in [6, 6.07) is 12.5. The lowest BCUT2D eigenvalue weighted by atomic mass is 10.1. The van der Waals surface area contributed by atoms with Crippen molar-refractivity contribution in [3.63, 3.8) is 0 Å². The lowest BCUT2D eigenvalue weighted by molar-refractivity contribution is 0.0961. The van der Waals surface area contributed by atoms with E-state index in [0.717, 1.165) is 10.0 Å². The Kier molecular flexibility index (Phi) is 5.08. The molecule has 128 valence electrons. The Hall–Kier alpha value is -2.74. The second-order valence-electron chi connectivity index (χ2n) is 5.14. The minimum atomic E-state index is -0.152. The molecule has 0 aliphatic rings. The largest absolute Gasteiger partial charge is 0.493 e. The van der Waals surface area contributed by atoms with Gasteiger partial charge in [0.25, 0.3) is 0 Å². The fourth-order valence-electron chi connectivity index (χ4n) is 2.25. The normalized spacial score (nSPS) is 10.5. The van der Waals surface area contributed by atoms with Gasteiger partial charge in [0.15, 0.2) is 17.3 Å². The molecule has 0 N–H and O–H groups in total. The lowest BCUT2D eigenvalue weighted by Crippen LogP contribution is -2.13. The number of rotatable bonds is 6. The van der Waals surface area contributed by atoms with Crippen LogP contribution in [0.4, 0.5) is 0 Å². The third-order valence-corrected chi connectivity index (χ3v) is 4.07. The van der Waals surface area contributed by atoms with E-state index >= 15 is 0 Å². The Balaban J connectivity index is 1.76. The van der Waals surface area contributed by atoms with E-state index < -0.39 is 0 Å². The van der Waals surface area contributed by atoms with Gasteiger partial charge in [-0.2, -0.15) is 4.80 Å². The number of methoxy groups -OCH3 is 2. The molecule has 3 aromatic rings. The highest BCUT2D eigenvalue weighted by Crippen LogP contribution is 2.27. The highest BCUT2D eigenvalue weighted by Gasteiger charge is 2.14. The highest BCUT2D eigenvalue weighted by molar-refractivity contribution is 9.10. The molecule has 0 spiro atoms. The van der Waals surface area contributed by atoms with Gasteiger partial charge in [0.1, 0.15) is 6.54 Å². The van der Waals surface area contributed by atoms with E-state index in [1.165, 1.54) is 11.9 Å². The molecule has 1 aromatic heterocycles. The van der Waals surface area contributed by atoms with Crippen LogP contribution in [0.25, 0.3) is 11.4 Å². The maximum absolute atomic E-state index is 12.4. The number of carbonyl (C=O) groups excluding carboxylic acids is 1. The van der Waals surface area contributed by atoms with Crippen LogP contribution in [0, 0.1) is 0 Å². The van der Waals surface area contributed by atoms with E-state index in [0.29, 0.717) is 22.9 Å². The molecule has 0 amide bonds. The maximum Gasteiger partial charge on any atom is 0.204 e. The first kappa shape index (κ1) is 17.1. The number of benzene rings is 2. The number of ketones is 1. The average molecular weight is 403 g/mol. The minimum absolute atomic E-state index is 0.0149. The molecular formula is C17H15BrN4O3.